The Hall–Kier alpha value is -1.75. The van der Waals surface area contributed by atoms with Gasteiger partial charge in [0.05, 0.1) is 0 Å². The Morgan fingerprint density at radius 2 is 2.17 bits per heavy atom. The number of benzene rings is 1. The van der Waals surface area contributed by atoms with Crippen LogP contribution in [0.4, 0.5) is 0 Å². The topological polar surface area (TPSA) is 71.1 Å². The zero-order valence-corrected chi connectivity index (χ0v) is 10.4. The summed E-state index contributed by atoms with van der Waals surface area (Å²) >= 11 is 0. The molecule has 1 aromatic carbocycles. The van der Waals surface area contributed by atoms with E-state index in [0.717, 1.165) is 12.3 Å². The van der Waals surface area contributed by atoms with Crippen molar-refractivity contribution in [1.82, 2.24) is 4.90 Å². The van der Waals surface area contributed by atoms with Gasteiger partial charge in [-0.15, -0.1) is 0 Å². The third-order valence-electron chi connectivity index (χ3n) is 3.11. The zero-order valence-electron chi connectivity index (χ0n) is 10.4. The molecule has 0 radical (unpaired) electrons. The highest BCUT2D eigenvalue weighted by molar-refractivity contribution is 5.97. The number of amidine groups is 1. The number of rotatable bonds is 5. The van der Waals surface area contributed by atoms with Gasteiger partial charge in [-0.25, -0.2) is 0 Å². The number of ether oxygens (including phenoxy) is 1. The van der Waals surface area contributed by atoms with Crippen LogP contribution in [-0.4, -0.2) is 42.2 Å². The lowest BCUT2D eigenvalue weighted by molar-refractivity contribution is 0.238. The molecule has 0 bridgehead atoms. The highest BCUT2D eigenvalue weighted by Crippen LogP contribution is 2.13. The molecule has 1 saturated heterocycles. The SMILES string of the molecule is N/C(=N/O)c1cccc(OCCN2CCCC2)c1. The van der Waals surface area contributed by atoms with Crippen molar-refractivity contribution in [2.75, 3.05) is 26.2 Å². The van der Waals surface area contributed by atoms with E-state index in [4.69, 9.17) is 15.7 Å². The van der Waals surface area contributed by atoms with Gasteiger partial charge >= 0.3 is 0 Å². The molecular formula is C13H19N3O2. The molecule has 0 spiro atoms. The Bertz CT molecular complexity index is 414. The third-order valence-corrected chi connectivity index (χ3v) is 3.11. The van der Waals surface area contributed by atoms with Gasteiger partial charge in [-0.2, -0.15) is 0 Å². The maximum Gasteiger partial charge on any atom is 0.170 e. The molecule has 0 unspecified atom stereocenters. The van der Waals surface area contributed by atoms with E-state index in [0.29, 0.717) is 12.2 Å². The lowest BCUT2D eigenvalue weighted by atomic mass is 10.2. The van der Waals surface area contributed by atoms with Gasteiger partial charge in [0.2, 0.25) is 0 Å². The Balaban J connectivity index is 1.85. The van der Waals surface area contributed by atoms with Gasteiger partial charge in [0.15, 0.2) is 5.84 Å². The molecule has 1 aliphatic rings. The van der Waals surface area contributed by atoms with Crippen LogP contribution in [0, 0.1) is 0 Å². The molecule has 3 N–H and O–H groups in total. The Labute approximate surface area is 107 Å². The van der Waals surface area contributed by atoms with Crippen LogP contribution in [0.3, 0.4) is 0 Å². The van der Waals surface area contributed by atoms with E-state index in [1.54, 1.807) is 12.1 Å². The van der Waals surface area contributed by atoms with Gasteiger partial charge in [-0.1, -0.05) is 17.3 Å². The molecule has 1 aliphatic heterocycles. The number of oxime groups is 1. The molecule has 0 aromatic heterocycles. The molecule has 0 atom stereocenters. The van der Waals surface area contributed by atoms with Gasteiger partial charge in [0.1, 0.15) is 12.4 Å². The fraction of sp³-hybridized carbons (Fsp3) is 0.462. The Morgan fingerprint density at radius 3 is 2.89 bits per heavy atom. The van der Waals surface area contributed by atoms with E-state index < -0.39 is 0 Å². The second-order valence-corrected chi connectivity index (χ2v) is 4.41. The van der Waals surface area contributed by atoms with E-state index in [-0.39, 0.29) is 5.84 Å². The van der Waals surface area contributed by atoms with Gasteiger partial charge in [0, 0.05) is 12.1 Å². The molecule has 1 fully saturated rings. The zero-order chi connectivity index (χ0) is 12.8. The monoisotopic (exact) mass is 249 g/mol. The van der Waals surface area contributed by atoms with Crippen LogP contribution in [0.25, 0.3) is 0 Å². The van der Waals surface area contributed by atoms with E-state index in [9.17, 15) is 0 Å². The summed E-state index contributed by atoms with van der Waals surface area (Å²) in [6.45, 7) is 3.97. The first-order chi connectivity index (χ1) is 8.79. The first-order valence-electron chi connectivity index (χ1n) is 6.23. The summed E-state index contributed by atoms with van der Waals surface area (Å²) in [5.74, 6) is 0.846. The van der Waals surface area contributed by atoms with E-state index in [2.05, 4.69) is 10.1 Å². The van der Waals surface area contributed by atoms with Gasteiger partial charge < -0.3 is 15.7 Å². The first kappa shape index (κ1) is 12.7. The quantitative estimate of drug-likeness (QED) is 0.356. The largest absolute Gasteiger partial charge is 0.492 e. The molecule has 98 valence electrons. The lowest BCUT2D eigenvalue weighted by Crippen LogP contribution is -2.25. The van der Waals surface area contributed by atoms with Crippen molar-refractivity contribution in [2.24, 2.45) is 10.9 Å². The van der Waals surface area contributed by atoms with Crippen LogP contribution in [0.2, 0.25) is 0 Å². The van der Waals surface area contributed by atoms with Crippen molar-refractivity contribution in [3.63, 3.8) is 0 Å². The minimum absolute atomic E-state index is 0.0972. The summed E-state index contributed by atoms with van der Waals surface area (Å²) in [6, 6.07) is 7.26. The third kappa shape index (κ3) is 3.37. The molecule has 5 heteroatoms. The van der Waals surface area contributed by atoms with Crippen molar-refractivity contribution in [3.8, 4) is 5.75 Å². The Morgan fingerprint density at radius 1 is 1.39 bits per heavy atom. The second kappa shape index (κ2) is 6.26. The average Bonchev–Trinajstić information content (AvgIpc) is 2.91. The summed E-state index contributed by atoms with van der Waals surface area (Å²) in [6.07, 6.45) is 2.58. The van der Waals surface area contributed by atoms with Crippen molar-refractivity contribution >= 4 is 5.84 Å². The fourth-order valence-corrected chi connectivity index (χ4v) is 2.10. The summed E-state index contributed by atoms with van der Waals surface area (Å²) < 4.78 is 5.67. The number of nitrogens with zero attached hydrogens (tertiary/aromatic N) is 2. The van der Waals surface area contributed by atoms with Crippen LogP contribution in [0.1, 0.15) is 18.4 Å². The molecule has 0 amide bonds. The molecule has 1 aromatic rings. The molecule has 0 saturated carbocycles. The lowest BCUT2D eigenvalue weighted by Gasteiger charge is -2.15. The minimum atomic E-state index is 0.0972. The number of nitrogens with two attached hydrogens (primary N) is 1. The summed E-state index contributed by atoms with van der Waals surface area (Å²) in [7, 11) is 0. The van der Waals surface area contributed by atoms with Crippen LogP contribution >= 0.6 is 0 Å². The molecule has 18 heavy (non-hydrogen) atoms. The van der Waals surface area contributed by atoms with Gasteiger partial charge in [-0.05, 0) is 38.1 Å². The minimum Gasteiger partial charge on any atom is -0.492 e. The van der Waals surface area contributed by atoms with Gasteiger partial charge in [-0.3, -0.25) is 4.90 Å². The van der Waals surface area contributed by atoms with Crippen molar-refractivity contribution in [3.05, 3.63) is 29.8 Å². The predicted molar refractivity (Wildman–Crippen MR) is 70.1 cm³/mol. The van der Waals surface area contributed by atoms with Crippen molar-refractivity contribution in [1.29, 1.82) is 0 Å². The van der Waals surface area contributed by atoms with Gasteiger partial charge in [0.25, 0.3) is 0 Å². The van der Waals surface area contributed by atoms with Crippen molar-refractivity contribution in [2.45, 2.75) is 12.8 Å². The van der Waals surface area contributed by atoms with Crippen LogP contribution in [0.5, 0.6) is 5.75 Å². The molecule has 0 aliphatic carbocycles. The highest BCUT2D eigenvalue weighted by atomic mass is 16.5. The summed E-state index contributed by atoms with van der Waals surface area (Å²) in [5.41, 5.74) is 6.19. The highest BCUT2D eigenvalue weighted by Gasteiger charge is 2.10. The predicted octanol–water partition coefficient (Wildman–Crippen LogP) is 1.26. The van der Waals surface area contributed by atoms with Crippen LogP contribution in [-0.2, 0) is 0 Å². The molecule has 2 rings (SSSR count). The first-order valence-corrected chi connectivity index (χ1v) is 6.23. The molecule has 1 heterocycles. The summed E-state index contributed by atoms with van der Waals surface area (Å²) in [4.78, 5) is 2.40. The molecular weight excluding hydrogens is 230 g/mol. The maximum atomic E-state index is 8.61. The Kier molecular flexibility index (Phi) is 4.41. The summed E-state index contributed by atoms with van der Waals surface area (Å²) in [5, 5.41) is 11.6. The molecule has 5 nitrogen and oxygen atoms in total. The van der Waals surface area contributed by atoms with E-state index in [1.807, 2.05) is 12.1 Å². The maximum absolute atomic E-state index is 8.61. The van der Waals surface area contributed by atoms with E-state index in [1.165, 1.54) is 25.9 Å². The standard InChI is InChI=1S/C13H19N3O2/c14-13(15-17)11-4-3-5-12(10-11)18-9-8-16-6-1-2-7-16/h3-5,10,17H,1-2,6-9H2,(H2,14,15). The fourth-order valence-electron chi connectivity index (χ4n) is 2.10. The smallest absolute Gasteiger partial charge is 0.170 e. The number of hydrogen-bond donors (Lipinski definition) is 2. The van der Waals surface area contributed by atoms with Crippen LogP contribution < -0.4 is 10.5 Å². The normalized spacial score (nSPS) is 17.0. The van der Waals surface area contributed by atoms with Crippen LogP contribution in [0.15, 0.2) is 29.4 Å². The van der Waals surface area contributed by atoms with Crippen molar-refractivity contribution < 1.29 is 9.94 Å². The van der Waals surface area contributed by atoms with E-state index >= 15 is 0 Å². The number of likely N-dealkylation sites (tertiary alicyclic amines) is 1. The second-order valence-electron chi connectivity index (χ2n) is 4.41. The average molecular weight is 249 g/mol. The number of hydrogen-bond acceptors (Lipinski definition) is 4.